The molecule has 6 nitrogen and oxygen atoms in total. The van der Waals surface area contributed by atoms with E-state index >= 15 is 0 Å². The molecule has 3 aliphatic rings. The molecule has 1 N–H and O–H groups in total. The molecule has 7 heteroatoms. The van der Waals surface area contributed by atoms with Gasteiger partial charge in [-0.2, -0.15) is 5.26 Å². The maximum atomic E-state index is 11.4. The molecule has 1 unspecified atom stereocenters. The van der Waals surface area contributed by atoms with Crippen LogP contribution in [0.5, 0.6) is 11.5 Å². The van der Waals surface area contributed by atoms with Crippen molar-refractivity contribution in [1.29, 1.82) is 5.26 Å². The van der Waals surface area contributed by atoms with Crippen molar-refractivity contribution in [2.45, 2.75) is 51.4 Å². The average Bonchev–Trinajstić information content (AvgIpc) is 2.97. The number of benzene rings is 1. The van der Waals surface area contributed by atoms with Gasteiger partial charge in [-0.3, -0.25) is 4.90 Å². The second-order valence-corrected chi connectivity index (χ2v) is 8.41. The highest BCUT2D eigenvalue weighted by atomic mass is 35.5. The fraction of sp³-hybridized carbons (Fsp3) is 0.600. The minimum Gasteiger partial charge on any atom is -0.478 e. The van der Waals surface area contributed by atoms with E-state index < -0.39 is 11.8 Å². The van der Waals surface area contributed by atoms with Crippen LogP contribution in [0.3, 0.4) is 0 Å². The third kappa shape index (κ3) is 3.03. The molecule has 144 valence electrons. The third-order valence-corrected chi connectivity index (χ3v) is 6.61. The van der Waals surface area contributed by atoms with Crippen molar-refractivity contribution in [2.75, 3.05) is 13.1 Å². The summed E-state index contributed by atoms with van der Waals surface area (Å²) in [5.41, 5.74) is 0.683. The van der Waals surface area contributed by atoms with Gasteiger partial charge in [0.2, 0.25) is 0 Å². The molecular formula is C20H23ClN2O4. The van der Waals surface area contributed by atoms with Gasteiger partial charge in [-0.25, -0.2) is 4.79 Å². The lowest BCUT2D eigenvalue weighted by atomic mass is 9.79. The maximum absolute atomic E-state index is 11.4. The number of ether oxygens (including phenoxy) is 2. The monoisotopic (exact) mass is 390 g/mol. The van der Waals surface area contributed by atoms with Crippen molar-refractivity contribution in [2.24, 2.45) is 11.8 Å². The van der Waals surface area contributed by atoms with Crippen LogP contribution in [0.4, 0.5) is 0 Å². The van der Waals surface area contributed by atoms with E-state index in [1.165, 1.54) is 6.07 Å². The van der Waals surface area contributed by atoms with Gasteiger partial charge in [0.25, 0.3) is 5.79 Å². The number of carboxylic acid groups (broad SMARTS) is 1. The molecule has 0 aromatic heterocycles. The van der Waals surface area contributed by atoms with E-state index in [0.717, 1.165) is 38.8 Å². The highest BCUT2D eigenvalue weighted by Crippen LogP contribution is 2.51. The Balaban J connectivity index is 1.46. The number of carboxylic acids is 1. The Hall–Kier alpha value is -1.97. The molecule has 2 aliphatic heterocycles. The second-order valence-electron chi connectivity index (χ2n) is 8.00. The number of rotatable bonds is 3. The summed E-state index contributed by atoms with van der Waals surface area (Å²) in [5.74, 6) is -0.571. The normalized spacial score (nSPS) is 30.6. The molecule has 1 aromatic rings. The zero-order chi connectivity index (χ0) is 19.3. The van der Waals surface area contributed by atoms with Gasteiger partial charge in [0.1, 0.15) is 0 Å². The fourth-order valence-electron chi connectivity index (χ4n) is 4.59. The minimum absolute atomic E-state index is 0.139. The molecule has 1 aromatic carbocycles. The molecule has 1 saturated carbocycles. The smallest absolute Gasteiger partial charge is 0.336 e. The Morgan fingerprint density at radius 1 is 1.30 bits per heavy atom. The van der Waals surface area contributed by atoms with E-state index in [1.54, 1.807) is 6.92 Å². The number of halogens is 1. The van der Waals surface area contributed by atoms with Crippen LogP contribution < -0.4 is 9.47 Å². The fourth-order valence-corrected chi connectivity index (χ4v) is 4.83. The van der Waals surface area contributed by atoms with Crippen LogP contribution in [0, 0.1) is 30.1 Å². The summed E-state index contributed by atoms with van der Waals surface area (Å²) in [6.45, 7) is 5.41. The molecule has 0 spiro atoms. The van der Waals surface area contributed by atoms with Crippen molar-refractivity contribution < 1.29 is 19.4 Å². The highest BCUT2D eigenvalue weighted by molar-refractivity contribution is 6.32. The SMILES string of the molecule is Cc1c(C(=O)O)cc(Cl)c2c1OC(C)([C@H]1CC[C@H](N3CC(C#N)C3)CC1)O2. The van der Waals surface area contributed by atoms with Crippen molar-refractivity contribution in [1.82, 2.24) is 4.90 Å². The summed E-state index contributed by atoms with van der Waals surface area (Å²) in [6.07, 6.45) is 4.03. The molecule has 1 saturated heterocycles. The maximum Gasteiger partial charge on any atom is 0.336 e. The van der Waals surface area contributed by atoms with Gasteiger partial charge in [0, 0.05) is 37.5 Å². The van der Waals surface area contributed by atoms with Gasteiger partial charge in [-0.1, -0.05) is 11.6 Å². The number of fused-ring (bicyclic) bond motifs is 1. The molecule has 2 heterocycles. The van der Waals surface area contributed by atoms with Crippen LogP contribution in [0.2, 0.25) is 5.02 Å². The number of hydrogen-bond acceptors (Lipinski definition) is 5. The van der Waals surface area contributed by atoms with Crippen LogP contribution in [0.15, 0.2) is 6.07 Å². The third-order valence-electron chi connectivity index (χ3n) is 6.33. The van der Waals surface area contributed by atoms with E-state index in [9.17, 15) is 9.90 Å². The number of hydrogen-bond donors (Lipinski definition) is 1. The topological polar surface area (TPSA) is 82.8 Å². The number of carbonyl (C=O) groups is 1. The first-order valence-electron chi connectivity index (χ1n) is 9.40. The van der Waals surface area contributed by atoms with Gasteiger partial charge in [0.05, 0.1) is 22.6 Å². The first-order chi connectivity index (χ1) is 12.8. The van der Waals surface area contributed by atoms with E-state index in [4.69, 9.17) is 26.3 Å². The van der Waals surface area contributed by atoms with Crippen LogP contribution >= 0.6 is 11.6 Å². The zero-order valence-corrected chi connectivity index (χ0v) is 16.3. The summed E-state index contributed by atoms with van der Waals surface area (Å²) in [4.78, 5) is 13.8. The Bertz CT molecular complexity index is 822. The van der Waals surface area contributed by atoms with Gasteiger partial charge in [-0.15, -0.1) is 0 Å². The Kier molecular flexibility index (Phi) is 4.48. The van der Waals surface area contributed by atoms with E-state index in [2.05, 4.69) is 11.0 Å². The van der Waals surface area contributed by atoms with Crippen LogP contribution in [0.25, 0.3) is 0 Å². The van der Waals surface area contributed by atoms with Crippen molar-refractivity contribution in [3.05, 3.63) is 22.2 Å². The Morgan fingerprint density at radius 3 is 2.52 bits per heavy atom. The molecule has 2 fully saturated rings. The van der Waals surface area contributed by atoms with Gasteiger partial charge < -0.3 is 14.6 Å². The van der Waals surface area contributed by atoms with E-state index in [0.29, 0.717) is 23.1 Å². The molecule has 4 rings (SSSR count). The number of nitrogens with zero attached hydrogens (tertiary/aromatic N) is 2. The van der Waals surface area contributed by atoms with E-state index in [-0.39, 0.29) is 22.4 Å². The molecular weight excluding hydrogens is 368 g/mol. The lowest BCUT2D eigenvalue weighted by Gasteiger charge is -2.45. The minimum atomic E-state index is -1.03. The van der Waals surface area contributed by atoms with Crippen molar-refractivity contribution in [3.63, 3.8) is 0 Å². The molecule has 0 radical (unpaired) electrons. The highest BCUT2D eigenvalue weighted by Gasteiger charge is 2.48. The van der Waals surface area contributed by atoms with Crippen LogP contribution in [0.1, 0.15) is 48.5 Å². The lowest BCUT2D eigenvalue weighted by Crippen LogP contribution is -2.54. The summed E-state index contributed by atoms with van der Waals surface area (Å²) in [6, 6.07) is 4.29. The second kappa shape index (κ2) is 6.57. The van der Waals surface area contributed by atoms with Crippen LogP contribution in [-0.2, 0) is 0 Å². The molecule has 1 aliphatic carbocycles. The predicted octanol–water partition coefficient (Wildman–Crippen LogP) is 3.85. The number of likely N-dealkylation sites (tertiary alicyclic amines) is 1. The predicted molar refractivity (Wildman–Crippen MR) is 99.2 cm³/mol. The van der Waals surface area contributed by atoms with E-state index in [1.807, 2.05) is 6.92 Å². The van der Waals surface area contributed by atoms with Gasteiger partial charge >= 0.3 is 5.97 Å². The molecule has 1 atom stereocenters. The van der Waals surface area contributed by atoms with Crippen molar-refractivity contribution in [3.8, 4) is 17.6 Å². The van der Waals surface area contributed by atoms with Crippen LogP contribution in [-0.4, -0.2) is 40.9 Å². The standard InChI is InChI=1S/C20H23ClN2O4/c1-11-15(19(24)25)7-16(21)18-17(11)26-20(2,27-18)13-3-5-14(6-4-13)23-9-12(8-22)10-23/h7,12-14H,3-6,9-10H2,1-2H3,(H,24,25)/t13-,14-,20?. The molecule has 0 amide bonds. The Labute approximate surface area is 163 Å². The largest absolute Gasteiger partial charge is 0.478 e. The zero-order valence-electron chi connectivity index (χ0n) is 15.5. The first kappa shape index (κ1) is 18.4. The van der Waals surface area contributed by atoms with Gasteiger partial charge in [-0.05, 0) is 38.7 Å². The number of nitriles is 1. The molecule has 0 bridgehead atoms. The first-order valence-corrected chi connectivity index (χ1v) is 9.78. The Morgan fingerprint density at radius 2 is 1.93 bits per heavy atom. The number of aromatic carboxylic acids is 1. The summed E-state index contributed by atoms with van der Waals surface area (Å²) >= 11 is 6.27. The average molecular weight is 391 g/mol. The summed E-state index contributed by atoms with van der Waals surface area (Å²) in [7, 11) is 0. The van der Waals surface area contributed by atoms with Gasteiger partial charge in [0.15, 0.2) is 11.5 Å². The summed E-state index contributed by atoms with van der Waals surface area (Å²) < 4.78 is 12.3. The molecule has 27 heavy (non-hydrogen) atoms. The lowest BCUT2D eigenvalue weighted by molar-refractivity contribution is -0.126. The summed E-state index contributed by atoms with van der Waals surface area (Å²) in [5, 5.41) is 18.6. The van der Waals surface area contributed by atoms with Crippen molar-refractivity contribution >= 4 is 17.6 Å². The quantitative estimate of drug-likeness (QED) is 0.844.